The van der Waals surface area contributed by atoms with Crippen LogP contribution in [0.2, 0.25) is 0 Å². The van der Waals surface area contributed by atoms with E-state index in [1.165, 1.54) is 0 Å². The van der Waals surface area contributed by atoms with Crippen LogP contribution in [0.4, 0.5) is 0 Å². The van der Waals surface area contributed by atoms with Crippen LogP contribution in [-0.2, 0) is 11.3 Å². The van der Waals surface area contributed by atoms with Gasteiger partial charge >= 0.3 is 7.12 Å². The summed E-state index contributed by atoms with van der Waals surface area (Å²) in [6.07, 6.45) is -0.0909. The van der Waals surface area contributed by atoms with E-state index in [-0.39, 0.29) is 12.7 Å². The molecule has 21 heavy (non-hydrogen) atoms. The van der Waals surface area contributed by atoms with Crippen LogP contribution in [0.25, 0.3) is 0 Å². The lowest BCUT2D eigenvalue weighted by Crippen LogP contribution is -2.41. The summed E-state index contributed by atoms with van der Waals surface area (Å²) in [4.78, 5) is 0. The fourth-order valence-corrected chi connectivity index (χ4v) is 2.00. The summed E-state index contributed by atoms with van der Waals surface area (Å²) in [5.41, 5.74) is 6.10. The van der Waals surface area contributed by atoms with E-state index >= 15 is 0 Å². The van der Waals surface area contributed by atoms with E-state index in [0.29, 0.717) is 23.6 Å². The first-order chi connectivity index (χ1) is 9.84. The maximum atomic E-state index is 9.94. The smallest absolute Gasteiger partial charge is 0.487 e. The molecule has 0 amide bonds. The lowest BCUT2D eigenvalue weighted by molar-refractivity contribution is 0.211. The Morgan fingerprint density at radius 3 is 2.90 bits per heavy atom. The highest BCUT2D eigenvalue weighted by Gasteiger charge is 2.34. The lowest BCUT2D eigenvalue weighted by atomic mass is 9.78. The zero-order valence-electron chi connectivity index (χ0n) is 12.4. The van der Waals surface area contributed by atoms with Crippen molar-refractivity contribution in [3.8, 4) is 17.6 Å². The maximum absolute atomic E-state index is 9.94. The molecule has 0 saturated carbocycles. The molecular weight excluding hydrogens is 271 g/mol. The summed E-state index contributed by atoms with van der Waals surface area (Å²) in [6.45, 7) is 5.70. The van der Waals surface area contributed by atoms with Gasteiger partial charge in [0.1, 0.15) is 12.1 Å². The van der Waals surface area contributed by atoms with Crippen LogP contribution in [0.3, 0.4) is 0 Å². The van der Waals surface area contributed by atoms with E-state index in [9.17, 15) is 5.02 Å². The maximum Gasteiger partial charge on any atom is 0.495 e. The van der Waals surface area contributed by atoms with Gasteiger partial charge < -0.3 is 24.9 Å². The number of fused-ring (bicyclic) bond motifs is 1. The number of rotatable bonds is 5. The Hall–Kier alpha value is -1.75. The zero-order valence-corrected chi connectivity index (χ0v) is 12.4. The molecule has 1 aromatic carbocycles. The zero-order chi connectivity index (χ0) is 15.6. The van der Waals surface area contributed by atoms with Gasteiger partial charge in [-0.05, 0) is 32.4 Å². The molecule has 0 aromatic heterocycles. The fourth-order valence-electron chi connectivity index (χ4n) is 2.00. The van der Waals surface area contributed by atoms with Crippen molar-refractivity contribution in [3.05, 3.63) is 17.7 Å². The molecule has 112 valence electrons. The Balaban J connectivity index is 2.33. The highest BCUT2D eigenvalue weighted by Crippen LogP contribution is 2.31. The van der Waals surface area contributed by atoms with Gasteiger partial charge in [-0.25, -0.2) is 0 Å². The topological polar surface area (TPSA) is 97.7 Å². The first-order valence-corrected chi connectivity index (χ1v) is 6.79. The molecule has 0 spiro atoms. The van der Waals surface area contributed by atoms with Crippen LogP contribution < -0.4 is 20.7 Å². The van der Waals surface area contributed by atoms with Gasteiger partial charge in [0.25, 0.3) is 0 Å². The van der Waals surface area contributed by atoms with Gasteiger partial charge in [0.05, 0.1) is 18.8 Å². The third-order valence-corrected chi connectivity index (χ3v) is 3.03. The minimum Gasteiger partial charge on any atom is -0.487 e. The molecule has 1 aliphatic rings. The molecule has 0 unspecified atom stereocenters. The fraction of sp³-hybridized carbons (Fsp3) is 0.500. The molecule has 3 N–H and O–H groups in total. The molecule has 7 heteroatoms. The molecule has 0 bridgehead atoms. The molecule has 1 aromatic rings. The van der Waals surface area contributed by atoms with E-state index in [0.717, 1.165) is 5.56 Å². The predicted molar refractivity (Wildman–Crippen MR) is 78.3 cm³/mol. The molecule has 1 heterocycles. The summed E-state index contributed by atoms with van der Waals surface area (Å²) < 4.78 is 16.6. The first-order valence-electron chi connectivity index (χ1n) is 6.79. The van der Waals surface area contributed by atoms with Crippen molar-refractivity contribution in [1.29, 1.82) is 5.26 Å². The Labute approximate surface area is 124 Å². The summed E-state index contributed by atoms with van der Waals surface area (Å²) in [5.74, 6) is 0.889. The molecular formula is C14H19BN2O4. The van der Waals surface area contributed by atoms with Crippen LogP contribution in [0.1, 0.15) is 26.3 Å². The Morgan fingerprint density at radius 2 is 2.29 bits per heavy atom. The van der Waals surface area contributed by atoms with Crippen molar-refractivity contribution in [2.24, 2.45) is 5.73 Å². The molecule has 1 aliphatic heterocycles. The van der Waals surface area contributed by atoms with Crippen molar-refractivity contribution < 1.29 is 19.2 Å². The Morgan fingerprint density at radius 1 is 1.57 bits per heavy atom. The second kappa shape index (κ2) is 5.94. The van der Waals surface area contributed by atoms with Crippen molar-refractivity contribution >= 4 is 12.6 Å². The highest BCUT2D eigenvalue weighted by molar-refractivity contribution is 6.62. The van der Waals surface area contributed by atoms with Gasteiger partial charge in [0.2, 0.25) is 0 Å². The number of benzene rings is 1. The monoisotopic (exact) mass is 290 g/mol. The lowest BCUT2D eigenvalue weighted by Gasteiger charge is -2.21. The van der Waals surface area contributed by atoms with Crippen LogP contribution >= 0.6 is 0 Å². The average molecular weight is 290 g/mol. The van der Waals surface area contributed by atoms with E-state index in [1.807, 2.05) is 26.0 Å². The van der Waals surface area contributed by atoms with Gasteiger partial charge in [0, 0.05) is 5.46 Å². The SMILES string of the molecule is CC(C)Oc1c(OC[C@@](C)(N)C#N)ccc2c1B(O)OC2. The van der Waals surface area contributed by atoms with Crippen LogP contribution in [0, 0.1) is 11.3 Å². The quantitative estimate of drug-likeness (QED) is 0.757. The summed E-state index contributed by atoms with van der Waals surface area (Å²) >= 11 is 0. The van der Waals surface area contributed by atoms with Crippen LogP contribution in [-0.4, -0.2) is 30.4 Å². The largest absolute Gasteiger partial charge is 0.495 e. The second-order valence-electron chi connectivity index (χ2n) is 5.61. The first kappa shape index (κ1) is 15.6. The van der Waals surface area contributed by atoms with Crippen molar-refractivity contribution in [2.75, 3.05) is 6.61 Å². The molecule has 0 aliphatic carbocycles. The van der Waals surface area contributed by atoms with E-state index in [2.05, 4.69) is 0 Å². The van der Waals surface area contributed by atoms with E-state index in [1.54, 1.807) is 13.0 Å². The van der Waals surface area contributed by atoms with E-state index < -0.39 is 12.7 Å². The Bertz CT molecular complexity index is 569. The number of hydrogen-bond acceptors (Lipinski definition) is 6. The number of nitrogens with two attached hydrogens (primary N) is 1. The molecule has 0 saturated heterocycles. The third kappa shape index (κ3) is 3.48. The normalized spacial score (nSPS) is 16.3. The number of nitrogens with zero attached hydrogens (tertiary/aromatic N) is 1. The van der Waals surface area contributed by atoms with Crippen LogP contribution in [0.5, 0.6) is 11.5 Å². The van der Waals surface area contributed by atoms with Crippen molar-refractivity contribution in [3.63, 3.8) is 0 Å². The predicted octanol–water partition coefficient (Wildman–Crippen LogP) is 0.311. The molecule has 0 fully saturated rings. The van der Waals surface area contributed by atoms with Gasteiger partial charge in [-0.15, -0.1) is 0 Å². The molecule has 1 atom stereocenters. The standard InChI is InChI=1S/C14H19BN2O4/c1-9(2)21-13-11(19-8-14(3,17)7-16)5-4-10-6-20-15(18)12(10)13/h4-5,9,18H,6,8,17H2,1-3H3/t14-/m0/s1. The van der Waals surface area contributed by atoms with Crippen molar-refractivity contribution in [2.45, 2.75) is 39.0 Å². The molecule has 6 nitrogen and oxygen atoms in total. The summed E-state index contributed by atoms with van der Waals surface area (Å²) in [7, 11) is -1.03. The van der Waals surface area contributed by atoms with Crippen molar-refractivity contribution in [1.82, 2.24) is 0 Å². The van der Waals surface area contributed by atoms with Crippen LogP contribution in [0.15, 0.2) is 12.1 Å². The number of nitriles is 1. The Kier molecular flexibility index (Phi) is 4.42. The van der Waals surface area contributed by atoms with Gasteiger partial charge in [-0.1, -0.05) is 6.07 Å². The minimum absolute atomic E-state index is 0.0215. The minimum atomic E-state index is -1.09. The molecule has 2 rings (SSSR count). The summed E-state index contributed by atoms with van der Waals surface area (Å²) in [5, 5.41) is 18.9. The van der Waals surface area contributed by atoms with Gasteiger partial charge in [0.15, 0.2) is 11.5 Å². The second-order valence-corrected chi connectivity index (χ2v) is 5.61. The number of ether oxygens (including phenoxy) is 2. The number of hydrogen-bond donors (Lipinski definition) is 2. The van der Waals surface area contributed by atoms with E-state index in [4.69, 9.17) is 25.1 Å². The van der Waals surface area contributed by atoms with Gasteiger partial charge in [-0.2, -0.15) is 5.26 Å². The van der Waals surface area contributed by atoms with Gasteiger partial charge in [-0.3, -0.25) is 0 Å². The highest BCUT2D eigenvalue weighted by atomic mass is 16.5. The third-order valence-electron chi connectivity index (χ3n) is 3.03. The summed E-state index contributed by atoms with van der Waals surface area (Å²) in [6, 6.07) is 5.53. The molecule has 0 radical (unpaired) electrons. The average Bonchev–Trinajstić information content (AvgIpc) is 2.79.